The average molecular weight is 284 g/mol. The number of hydrogen-bond donors (Lipinski definition) is 1. The maximum Gasteiger partial charge on any atom is 0.196 e. The van der Waals surface area contributed by atoms with E-state index in [-0.39, 0.29) is 5.78 Å². The van der Waals surface area contributed by atoms with E-state index in [0.717, 1.165) is 18.4 Å². The highest BCUT2D eigenvalue weighted by atomic mass is 16.5. The second-order valence-corrected chi connectivity index (χ2v) is 6.74. The number of methoxy groups -OCH3 is 1. The topological polar surface area (TPSA) is 55.8 Å². The summed E-state index contributed by atoms with van der Waals surface area (Å²) in [4.78, 5) is 12.4. The minimum atomic E-state index is -0.973. The first-order valence-corrected chi connectivity index (χ1v) is 7.41. The van der Waals surface area contributed by atoms with Crippen molar-refractivity contribution in [3.05, 3.63) is 35.4 Å². The summed E-state index contributed by atoms with van der Waals surface area (Å²) >= 11 is 0. The number of aliphatic hydroxyl groups is 1. The van der Waals surface area contributed by atoms with Crippen molar-refractivity contribution >= 4 is 5.78 Å². The van der Waals surface area contributed by atoms with Crippen LogP contribution in [0.2, 0.25) is 0 Å². The van der Waals surface area contributed by atoms with Crippen molar-refractivity contribution < 1.29 is 19.4 Å². The van der Waals surface area contributed by atoms with Gasteiger partial charge in [0.25, 0.3) is 0 Å². The van der Waals surface area contributed by atoms with Crippen LogP contribution in [-0.2, 0) is 16.6 Å². The molecule has 0 aromatic heterocycles. The van der Waals surface area contributed by atoms with E-state index in [1.165, 1.54) is 11.6 Å². The summed E-state index contributed by atoms with van der Waals surface area (Å²) in [7, 11) is 1.60. The highest BCUT2D eigenvalue weighted by Crippen LogP contribution is 2.66. The molecule has 1 unspecified atom stereocenters. The number of rotatable bonds is 1. The number of hydrogen-bond acceptors (Lipinski definition) is 4. The molecule has 0 saturated heterocycles. The molecule has 0 amide bonds. The molecule has 1 aliphatic heterocycles. The summed E-state index contributed by atoms with van der Waals surface area (Å²) in [5, 5.41) is 11.2. The molecule has 2 bridgehead atoms. The first kappa shape index (κ1) is 11.8. The zero-order chi connectivity index (χ0) is 14.4. The van der Waals surface area contributed by atoms with Crippen molar-refractivity contribution in [2.75, 3.05) is 7.11 Å². The summed E-state index contributed by atoms with van der Waals surface area (Å²) in [5.74, 6) is 1.67. The number of fused-ring (bicyclic) bond motifs is 1. The molecule has 5 rings (SSSR count). The molecule has 21 heavy (non-hydrogen) atoms. The smallest absolute Gasteiger partial charge is 0.196 e. The molecule has 1 N–H and O–H groups in total. The Balaban J connectivity index is 1.89. The summed E-state index contributed by atoms with van der Waals surface area (Å²) < 4.78 is 11.4. The summed E-state index contributed by atoms with van der Waals surface area (Å²) in [6.45, 7) is 0. The van der Waals surface area contributed by atoms with Crippen LogP contribution in [0.5, 0.6) is 11.5 Å². The van der Waals surface area contributed by atoms with Crippen LogP contribution in [0.15, 0.2) is 24.3 Å². The Morgan fingerprint density at radius 3 is 3.05 bits per heavy atom. The van der Waals surface area contributed by atoms with Gasteiger partial charge >= 0.3 is 0 Å². The summed E-state index contributed by atoms with van der Waals surface area (Å²) in [5.41, 5.74) is 0.629. The van der Waals surface area contributed by atoms with Gasteiger partial charge in [0.15, 0.2) is 23.4 Å². The van der Waals surface area contributed by atoms with E-state index < -0.39 is 17.1 Å². The van der Waals surface area contributed by atoms with Gasteiger partial charge in [-0.25, -0.2) is 0 Å². The van der Waals surface area contributed by atoms with Crippen LogP contribution in [0.25, 0.3) is 0 Å². The third kappa shape index (κ3) is 1.09. The molecule has 1 aromatic carbocycles. The van der Waals surface area contributed by atoms with Gasteiger partial charge in [0.1, 0.15) is 0 Å². The maximum absolute atomic E-state index is 12.4. The van der Waals surface area contributed by atoms with Crippen molar-refractivity contribution in [3.63, 3.8) is 0 Å². The third-order valence-corrected chi connectivity index (χ3v) is 5.83. The molecule has 4 heteroatoms. The highest BCUT2D eigenvalue weighted by molar-refractivity contribution is 5.98. The molecule has 1 heterocycles. The van der Waals surface area contributed by atoms with Crippen molar-refractivity contribution in [3.8, 4) is 11.5 Å². The molecule has 4 nitrogen and oxygen atoms in total. The van der Waals surface area contributed by atoms with Crippen molar-refractivity contribution in [2.45, 2.75) is 36.4 Å². The molecule has 1 fully saturated rings. The molecule has 3 aliphatic carbocycles. The number of benzene rings is 1. The van der Waals surface area contributed by atoms with E-state index in [1.54, 1.807) is 13.2 Å². The third-order valence-electron chi connectivity index (χ3n) is 5.83. The van der Waals surface area contributed by atoms with E-state index in [2.05, 4.69) is 6.07 Å². The predicted octanol–water partition coefficient (Wildman–Crippen LogP) is 1.53. The zero-order valence-electron chi connectivity index (χ0n) is 11.8. The Morgan fingerprint density at radius 2 is 2.24 bits per heavy atom. The molecule has 108 valence electrons. The molecule has 1 spiro atoms. The lowest BCUT2D eigenvalue weighted by atomic mass is 9.60. The lowest BCUT2D eigenvalue weighted by molar-refractivity contribution is -0.129. The lowest BCUT2D eigenvalue weighted by Gasteiger charge is -2.43. The van der Waals surface area contributed by atoms with Crippen molar-refractivity contribution in [2.24, 2.45) is 5.92 Å². The molecular formula is C17H16O4. The Morgan fingerprint density at radius 1 is 1.38 bits per heavy atom. The second-order valence-electron chi connectivity index (χ2n) is 6.74. The molecule has 0 radical (unpaired) electrons. The van der Waals surface area contributed by atoms with Crippen LogP contribution in [0, 0.1) is 5.92 Å². The Labute approximate surface area is 122 Å². The number of ether oxygens (including phenoxy) is 2. The number of ketones is 1. The van der Waals surface area contributed by atoms with Crippen LogP contribution < -0.4 is 9.47 Å². The van der Waals surface area contributed by atoms with Gasteiger partial charge in [0, 0.05) is 5.56 Å². The van der Waals surface area contributed by atoms with Crippen molar-refractivity contribution in [1.82, 2.24) is 0 Å². The molecular weight excluding hydrogens is 268 g/mol. The second kappa shape index (κ2) is 3.33. The summed E-state index contributed by atoms with van der Waals surface area (Å²) in [6.07, 6.45) is 5.05. The minimum Gasteiger partial charge on any atom is -0.493 e. The normalized spacial score (nSPS) is 41.0. The molecule has 4 aliphatic rings. The van der Waals surface area contributed by atoms with Gasteiger partial charge in [-0.05, 0) is 49.0 Å². The average Bonchev–Trinajstić information content (AvgIpc) is 2.94. The van der Waals surface area contributed by atoms with Crippen LogP contribution in [0.1, 0.15) is 24.0 Å². The van der Waals surface area contributed by atoms with E-state index >= 15 is 0 Å². The number of carbonyl (C=O) groups excluding carboxylic acids is 1. The minimum absolute atomic E-state index is 0.0496. The first-order chi connectivity index (χ1) is 10.1. The van der Waals surface area contributed by atoms with Crippen LogP contribution in [-0.4, -0.2) is 29.7 Å². The van der Waals surface area contributed by atoms with Gasteiger partial charge in [-0.15, -0.1) is 0 Å². The Bertz CT molecular complexity index is 722. The van der Waals surface area contributed by atoms with Gasteiger partial charge in [-0.3, -0.25) is 4.79 Å². The Kier molecular flexibility index (Phi) is 1.87. The SMILES string of the molecule is COc1ccc2c3c1O[C@H]1C(=O)C=C[C@@]4(O)CC(C2)C[C@]314. The van der Waals surface area contributed by atoms with Crippen LogP contribution in [0.4, 0.5) is 0 Å². The number of carbonyl (C=O) groups is 1. The van der Waals surface area contributed by atoms with Crippen LogP contribution >= 0.6 is 0 Å². The maximum atomic E-state index is 12.4. The van der Waals surface area contributed by atoms with Gasteiger partial charge in [-0.2, -0.15) is 0 Å². The van der Waals surface area contributed by atoms with E-state index in [0.29, 0.717) is 23.8 Å². The lowest BCUT2D eigenvalue weighted by Crippen LogP contribution is -2.58. The van der Waals surface area contributed by atoms with Gasteiger partial charge in [-0.1, -0.05) is 6.07 Å². The molecule has 1 saturated carbocycles. The fraction of sp³-hybridized carbons (Fsp3) is 0.471. The molecule has 1 aromatic rings. The van der Waals surface area contributed by atoms with Gasteiger partial charge < -0.3 is 14.6 Å². The largest absolute Gasteiger partial charge is 0.493 e. The van der Waals surface area contributed by atoms with Crippen LogP contribution in [0.3, 0.4) is 0 Å². The first-order valence-electron chi connectivity index (χ1n) is 7.41. The highest BCUT2D eigenvalue weighted by Gasteiger charge is 2.71. The van der Waals surface area contributed by atoms with E-state index in [9.17, 15) is 9.90 Å². The van der Waals surface area contributed by atoms with Gasteiger partial charge in [0.2, 0.25) is 0 Å². The van der Waals surface area contributed by atoms with E-state index in [1.807, 2.05) is 6.07 Å². The quantitative estimate of drug-likeness (QED) is 0.849. The molecule has 4 atom stereocenters. The van der Waals surface area contributed by atoms with E-state index in [4.69, 9.17) is 9.47 Å². The predicted molar refractivity (Wildman–Crippen MR) is 74.6 cm³/mol. The zero-order valence-corrected chi connectivity index (χ0v) is 11.8. The standard InChI is InChI=1S/C17H16O4/c1-20-12-3-2-10-6-9-7-16(19)5-4-11(18)15-17(16,8-9)13(10)14(12)21-15/h2-5,9,15,19H,6-8H2,1H3/t9?,15-,16+,17-/m0/s1. The van der Waals surface area contributed by atoms with Gasteiger partial charge in [0.05, 0.1) is 18.1 Å². The fourth-order valence-electron chi connectivity index (χ4n) is 5.15. The summed E-state index contributed by atoms with van der Waals surface area (Å²) in [6, 6.07) is 3.97. The van der Waals surface area contributed by atoms with Crippen molar-refractivity contribution in [1.29, 1.82) is 0 Å². The monoisotopic (exact) mass is 284 g/mol. The fourth-order valence-corrected chi connectivity index (χ4v) is 5.15. The Hall–Kier alpha value is -1.81.